The van der Waals surface area contributed by atoms with Crippen molar-refractivity contribution in [2.24, 2.45) is 17.8 Å². The Labute approximate surface area is 120 Å². The molecular formula is C17H22N2O. The molecule has 1 amide bonds. The van der Waals surface area contributed by atoms with Crippen molar-refractivity contribution in [1.29, 1.82) is 0 Å². The molecule has 2 N–H and O–H groups in total. The third kappa shape index (κ3) is 2.72. The highest BCUT2D eigenvalue weighted by Gasteiger charge is 2.35. The van der Waals surface area contributed by atoms with Gasteiger partial charge >= 0.3 is 0 Å². The van der Waals surface area contributed by atoms with E-state index in [4.69, 9.17) is 0 Å². The Kier molecular flexibility index (Phi) is 3.51. The number of hydrogen-bond acceptors (Lipinski definition) is 2. The van der Waals surface area contributed by atoms with E-state index in [1.54, 1.807) is 0 Å². The van der Waals surface area contributed by atoms with Crippen molar-refractivity contribution in [2.45, 2.75) is 26.7 Å². The summed E-state index contributed by atoms with van der Waals surface area (Å²) in [5.41, 5.74) is 3.21. The van der Waals surface area contributed by atoms with Gasteiger partial charge in [0.15, 0.2) is 0 Å². The van der Waals surface area contributed by atoms with Gasteiger partial charge in [-0.1, -0.05) is 18.2 Å². The molecule has 3 unspecified atom stereocenters. The van der Waals surface area contributed by atoms with E-state index in [0.717, 1.165) is 35.7 Å². The van der Waals surface area contributed by atoms with Crippen LogP contribution in [0, 0.1) is 24.7 Å². The molecule has 3 atom stereocenters. The maximum atomic E-state index is 11.1. The highest BCUT2D eigenvalue weighted by atomic mass is 16.1. The third-order valence-corrected chi connectivity index (χ3v) is 4.53. The number of fused-ring (bicyclic) bond motifs is 2. The third-order valence-electron chi connectivity index (χ3n) is 4.53. The molecule has 1 aromatic carbocycles. The Balaban J connectivity index is 1.64. The smallest absolute Gasteiger partial charge is 0.221 e. The number of benzene rings is 1. The van der Waals surface area contributed by atoms with Crippen LogP contribution in [0.3, 0.4) is 0 Å². The Morgan fingerprint density at radius 1 is 1.30 bits per heavy atom. The summed E-state index contributed by atoms with van der Waals surface area (Å²) in [7, 11) is 0. The second-order valence-electron chi connectivity index (χ2n) is 6.13. The van der Waals surface area contributed by atoms with Crippen LogP contribution in [0.15, 0.2) is 30.4 Å². The highest BCUT2D eigenvalue weighted by molar-refractivity contribution is 5.89. The number of aryl methyl sites for hydroxylation is 1. The summed E-state index contributed by atoms with van der Waals surface area (Å²) in [6, 6.07) is 6.02. The summed E-state index contributed by atoms with van der Waals surface area (Å²) < 4.78 is 0. The standard InChI is InChI=1S/C17H22N2O/c1-11-3-6-16(19-12(2)20)9-17(11)18-10-15-8-13-4-5-14(15)7-13/h3-6,9,13-15,18H,7-8,10H2,1-2H3,(H,19,20). The van der Waals surface area contributed by atoms with E-state index >= 15 is 0 Å². The molecular weight excluding hydrogens is 248 g/mol. The molecule has 3 heteroatoms. The molecule has 2 aliphatic carbocycles. The summed E-state index contributed by atoms with van der Waals surface area (Å²) in [5.74, 6) is 2.32. The second kappa shape index (κ2) is 5.31. The maximum absolute atomic E-state index is 11.1. The molecule has 2 aliphatic rings. The summed E-state index contributed by atoms with van der Waals surface area (Å²) >= 11 is 0. The molecule has 106 valence electrons. The fraction of sp³-hybridized carbons (Fsp3) is 0.471. The van der Waals surface area contributed by atoms with Crippen LogP contribution >= 0.6 is 0 Å². The van der Waals surface area contributed by atoms with Crippen LogP contribution in [0.4, 0.5) is 11.4 Å². The maximum Gasteiger partial charge on any atom is 0.221 e. The molecule has 0 radical (unpaired) electrons. The molecule has 0 aromatic heterocycles. The van der Waals surface area contributed by atoms with Crippen LogP contribution in [0.5, 0.6) is 0 Å². The first-order valence-corrected chi connectivity index (χ1v) is 7.42. The number of hydrogen-bond donors (Lipinski definition) is 2. The molecule has 3 rings (SSSR count). The van der Waals surface area contributed by atoms with Crippen molar-refractivity contribution in [3.05, 3.63) is 35.9 Å². The lowest BCUT2D eigenvalue weighted by Crippen LogP contribution is -2.18. The van der Waals surface area contributed by atoms with Gasteiger partial charge in [-0.15, -0.1) is 0 Å². The monoisotopic (exact) mass is 270 g/mol. The van der Waals surface area contributed by atoms with Crippen LogP contribution in [-0.4, -0.2) is 12.5 Å². The molecule has 0 saturated heterocycles. The van der Waals surface area contributed by atoms with Crippen molar-refractivity contribution in [3.63, 3.8) is 0 Å². The average molecular weight is 270 g/mol. The molecule has 20 heavy (non-hydrogen) atoms. The van der Waals surface area contributed by atoms with Crippen molar-refractivity contribution >= 4 is 17.3 Å². The minimum atomic E-state index is -0.0296. The van der Waals surface area contributed by atoms with Crippen LogP contribution in [0.2, 0.25) is 0 Å². The molecule has 1 aromatic rings. The van der Waals surface area contributed by atoms with E-state index in [2.05, 4.69) is 29.7 Å². The first-order valence-electron chi connectivity index (χ1n) is 7.42. The van der Waals surface area contributed by atoms with E-state index in [0.29, 0.717) is 0 Å². The lowest BCUT2D eigenvalue weighted by atomic mass is 9.93. The largest absolute Gasteiger partial charge is 0.384 e. The minimum absolute atomic E-state index is 0.0296. The van der Waals surface area contributed by atoms with E-state index < -0.39 is 0 Å². The minimum Gasteiger partial charge on any atom is -0.384 e. The van der Waals surface area contributed by atoms with E-state index in [1.165, 1.54) is 25.3 Å². The summed E-state index contributed by atoms with van der Waals surface area (Å²) in [6.45, 7) is 4.66. The number of allylic oxidation sites excluding steroid dienone is 2. The number of nitrogens with one attached hydrogen (secondary N) is 2. The van der Waals surface area contributed by atoms with Gasteiger partial charge < -0.3 is 10.6 Å². The van der Waals surface area contributed by atoms with Crippen molar-refractivity contribution in [1.82, 2.24) is 0 Å². The van der Waals surface area contributed by atoms with Gasteiger partial charge in [-0.3, -0.25) is 4.79 Å². The molecule has 0 aliphatic heterocycles. The zero-order chi connectivity index (χ0) is 14.1. The zero-order valence-electron chi connectivity index (χ0n) is 12.1. The van der Waals surface area contributed by atoms with Gasteiger partial charge in [-0.05, 0) is 55.2 Å². The van der Waals surface area contributed by atoms with Gasteiger partial charge in [0.2, 0.25) is 5.91 Å². The predicted octanol–water partition coefficient (Wildman–Crippen LogP) is 3.58. The number of carbonyl (C=O) groups excluding carboxylic acids is 1. The molecule has 0 heterocycles. The Morgan fingerprint density at radius 2 is 2.15 bits per heavy atom. The Morgan fingerprint density at radius 3 is 2.80 bits per heavy atom. The van der Waals surface area contributed by atoms with Crippen LogP contribution in [-0.2, 0) is 4.79 Å². The van der Waals surface area contributed by atoms with Gasteiger partial charge in [-0.25, -0.2) is 0 Å². The first-order chi connectivity index (χ1) is 9.61. The summed E-state index contributed by atoms with van der Waals surface area (Å²) in [6.07, 6.45) is 7.43. The lowest BCUT2D eigenvalue weighted by molar-refractivity contribution is -0.114. The van der Waals surface area contributed by atoms with Crippen LogP contribution < -0.4 is 10.6 Å². The zero-order valence-corrected chi connectivity index (χ0v) is 12.1. The van der Waals surface area contributed by atoms with E-state index in [1.807, 2.05) is 18.2 Å². The van der Waals surface area contributed by atoms with E-state index in [-0.39, 0.29) is 5.91 Å². The Hall–Kier alpha value is -1.77. The topological polar surface area (TPSA) is 41.1 Å². The molecule has 1 saturated carbocycles. The molecule has 3 nitrogen and oxygen atoms in total. The quantitative estimate of drug-likeness (QED) is 0.821. The Bertz CT molecular complexity index is 550. The van der Waals surface area contributed by atoms with Crippen molar-refractivity contribution < 1.29 is 4.79 Å². The van der Waals surface area contributed by atoms with E-state index in [9.17, 15) is 4.79 Å². The van der Waals surface area contributed by atoms with Crippen molar-refractivity contribution in [2.75, 3.05) is 17.2 Å². The van der Waals surface area contributed by atoms with Gasteiger partial charge in [0.25, 0.3) is 0 Å². The first kappa shape index (κ1) is 13.2. The summed E-state index contributed by atoms with van der Waals surface area (Å²) in [5, 5.41) is 6.41. The van der Waals surface area contributed by atoms with Gasteiger partial charge in [-0.2, -0.15) is 0 Å². The summed E-state index contributed by atoms with van der Waals surface area (Å²) in [4.78, 5) is 11.1. The fourth-order valence-corrected chi connectivity index (χ4v) is 3.46. The highest BCUT2D eigenvalue weighted by Crippen LogP contribution is 2.43. The van der Waals surface area contributed by atoms with Crippen LogP contribution in [0.1, 0.15) is 25.3 Å². The van der Waals surface area contributed by atoms with Crippen molar-refractivity contribution in [3.8, 4) is 0 Å². The predicted molar refractivity (Wildman–Crippen MR) is 82.8 cm³/mol. The second-order valence-corrected chi connectivity index (χ2v) is 6.13. The van der Waals surface area contributed by atoms with Gasteiger partial charge in [0.05, 0.1) is 0 Å². The SMILES string of the molecule is CC(=O)Nc1ccc(C)c(NCC2CC3C=CC2C3)c1. The molecule has 2 bridgehead atoms. The number of anilines is 2. The number of amides is 1. The van der Waals surface area contributed by atoms with Crippen LogP contribution in [0.25, 0.3) is 0 Å². The number of rotatable bonds is 4. The molecule has 1 fully saturated rings. The number of carbonyl (C=O) groups is 1. The van der Waals surface area contributed by atoms with Gasteiger partial charge in [0.1, 0.15) is 0 Å². The lowest BCUT2D eigenvalue weighted by Gasteiger charge is -2.20. The normalized spacial score (nSPS) is 26.8. The molecule has 0 spiro atoms. The van der Waals surface area contributed by atoms with Gasteiger partial charge in [0, 0.05) is 24.8 Å². The fourth-order valence-electron chi connectivity index (χ4n) is 3.46. The average Bonchev–Trinajstić information content (AvgIpc) is 3.01.